The molecule has 0 aliphatic heterocycles. The minimum Gasteiger partial charge on any atom is -0.451 e. The summed E-state index contributed by atoms with van der Waals surface area (Å²) in [4.78, 5) is 18.6. The summed E-state index contributed by atoms with van der Waals surface area (Å²) in [7, 11) is 0. The van der Waals surface area contributed by atoms with Crippen molar-refractivity contribution < 1.29 is 8.81 Å². The van der Waals surface area contributed by atoms with Gasteiger partial charge in [-0.1, -0.05) is 12.1 Å². The smallest absolute Gasteiger partial charge is 0.254 e. The molecule has 3 aromatic rings. The van der Waals surface area contributed by atoms with Gasteiger partial charge < -0.3 is 9.40 Å². The second-order valence-corrected chi connectivity index (χ2v) is 4.39. The lowest BCUT2D eigenvalue weighted by atomic mass is 10.2. The lowest BCUT2D eigenvalue weighted by Crippen LogP contribution is -2.14. The molecule has 1 N–H and O–H groups in total. The molecule has 2 heterocycles. The summed E-state index contributed by atoms with van der Waals surface area (Å²) in [6.07, 6.45) is 0. The number of hydrogen-bond donors (Lipinski definition) is 1. The Morgan fingerprint density at radius 3 is 2.84 bits per heavy atom. The van der Waals surface area contributed by atoms with E-state index in [1.54, 1.807) is 32.0 Å². The van der Waals surface area contributed by atoms with E-state index in [0.29, 0.717) is 28.2 Å². The minimum atomic E-state index is -0.428. The molecule has 0 radical (unpaired) electrons. The van der Waals surface area contributed by atoms with E-state index in [0.717, 1.165) is 0 Å². The number of hydrogen-bond acceptors (Lipinski definition) is 3. The number of aromatic amines is 1. The van der Waals surface area contributed by atoms with E-state index in [4.69, 9.17) is 4.42 Å². The van der Waals surface area contributed by atoms with E-state index < -0.39 is 5.82 Å². The molecule has 0 bridgehead atoms. The fourth-order valence-electron chi connectivity index (χ4n) is 2.03. The topological polar surface area (TPSA) is 58.9 Å². The van der Waals surface area contributed by atoms with Gasteiger partial charge in [-0.25, -0.2) is 9.37 Å². The average Bonchev–Trinajstić information content (AvgIpc) is 2.79. The van der Waals surface area contributed by atoms with Crippen molar-refractivity contribution >= 4 is 11.0 Å². The predicted molar refractivity (Wildman–Crippen MR) is 69.5 cm³/mol. The third-order valence-electron chi connectivity index (χ3n) is 3.00. The van der Waals surface area contributed by atoms with Crippen LogP contribution in [0.2, 0.25) is 0 Å². The molecule has 1 aromatic carbocycles. The van der Waals surface area contributed by atoms with E-state index in [1.165, 1.54) is 6.07 Å². The van der Waals surface area contributed by atoms with Gasteiger partial charge >= 0.3 is 0 Å². The Kier molecular flexibility index (Phi) is 2.48. The summed E-state index contributed by atoms with van der Waals surface area (Å²) in [5.41, 5.74) is 0.849. The Bertz CT molecular complexity index is 833. The fourth-order valence-corrected chi connectivity index (χ4v) is 2.03. The molecule has 0 aliphatic carbocycles. The molecule has 0 saturated heterocycles. The van der Waals surface area contributed by atoms with Crippen molar-refractivity contribution in [2.75, 3.05) is 0 Å². The molecular weight excluding hydrogens is 247 g/mol. The van der Waals surface area contributed by atoms with Crippen LogP contribution in [0, 0.1) is 19.7 Å². The van der Waals surface area contributed by atoms with Gasteiger partial charge in [0.2, 0.25) is 0 Å². The monoisotopic (exact) mass is 258 g/mol. The van der Waals surface area contributed by atoms with Crippen LogP contribution in [0.3, 0.4) is 0 Å². The van der Waals surface area contributed by atoms with Crippen molar-refractivity contribution in [1.29, 1.82) is 0 Å². The molecule has 2 aromatic heterocycles. The van der Waals surface area contributed by atoms with Gasteiger partial charge in [-0.2, -0.15) is 0 Å². The maximum Gasteiger partial charge on any atom is 0.254 e. The van der Waals surface area contributed by atoms with E-state index in [-0.39, 0.29) is 11.1 Å². The van der Waals surface area contributed by atoms with Gasteiger partial charge in [0.1, 0.15) is 11.5 Å². The molecule has 0 saturated carbocycles. The first-order valence-corrected chi connectivity index (χ1v) is 5.82. The van der Waals surface area contributed by atoms with Gasteiger partial charge in [-0.05, 0) is 26.0 Å². The molecule has 19 heavy (non-hydrogen) atoms. The highest BCUT2D eigenvalue weighted by molar-refractivity contribution is 5.83. The van der Waals surface area contributed by atoms with E-state index >= 15 is 0 Å². The van der Waals surface area contributed by atoms with Crippen LogP contribution < -0.4 is 5.56 Å². The zero-order valence-corrected chi connectivity index (χ0v) is 10.5. The van der Waals surface area contributed by atoms with Crippen LogP contribution in [0.4, 0.5) is 4.39 Å². The van der Waals surface area contributed by atoms with Crippen LogP contribution in [0.5, 0.6) is 0 Å². The minimum absolute atomic E-state index is 0.177. The van der Waals surface area contributed by atoms with E-state index in [9.17, 15) is 9.18 Å². The van der Waals surface area contributed by atoms with Gasteiger partial charge in [0.25, 0.3) is 5.56 Å². The largest absolute Gasteiger partial charge is 0.451 e. The fraction of sp³-hybridized carbons (Fsp3) is 0.143. The van der Waals surface area contributed by atoms with Crippen LogP contribution in [0.1, 0.15) is 11.4 Å². The van der Waals surface area contributed by atoms with Crippen LogP contribution >= 0.6 is 0 Å². The Hall–Kier alpha value is -2.43. The van der Waals surface area contributed by atoms with Crippen LogP contribution in [-0.4, -0.2) is 9.97 Å². The molecule has 3 rings (SSSR count). The number of aryl methyl sites for hydroxylation is 1. The van der Waals surface area contributed by atoms with Crippen LogP contribution in [-0.2, 0) is 0 Å². The van der Waals surface area contributed by atoms with Crippen molar-refractivity contribution in [2.24, 2.45) is 0 Å². The van der Waals surface area contributed by atoms with E-state index in [1.807, 2.05) is 0 Å². The number of halogens is 1. The summed E-state index contributed by atoms with van der Waals surface area (Å²) in [5, 5.41) is 0.647. The number of rotatable bonds is 1. The molecule has 0 spiro atoms. The van der Waals surface area contributed by atoms with Gasteiger partial charge in [-0.15, -0.1) is 0 Å². The third kappa shape index (κ3) is 1.83. The van der Waals surface area contributed by atoms with Gasteiger partial charge in [0.15, 0.2) is 17.2 Å². The summed E-state index contributed by atoms with van der Waals surface area (Å²) in [6.45, 7) is 3.34. The first-order chi connectivity index (χ1) is 9.06. The number of para-hydroxylation sites is 1. The molecular formula is C14H11FN2O2. The molecule has 0 fully saturated rings. The first-order valence-electron chi connectivity index (χ1n) is 5.82. The highest BCUT2D eigenvalue weighted by atomic mass is 19.1. The van der Waals surface area contributed by atoms with Crippen LogP contribution in [0.15, 0.2) is 33.5 Å². The predicted octanol–water partition coefficient (Wildman–Crippen LogP) is 2.94. The van der Waals surface area contributed by atoms with Crippen LogP contribution in [0.25, 0.3) is 22.4 Å². The number of nitrogens with zero attached hydrogens (tertiary/aromatic N) is 1. The van der Waals surface area contributed by atoms with Gasteiger partial charge in [0, 0.05) is 10.9 Å². The Morgan fingerprint density at radius 1 is 1.32 bits per heavy atom. The summed E-state index contributed by atoms with van der Waals surface area (Å²) in [6, 6.07) is 6.38. The Labute approximate surface area is 107 Å². The number of nitrogens with one attached hydrogen (secondary N) is 1. The zero-order valence-electron chi connectivity index (χ0n) is 10.5. The molecule has 0 amide bonds. The van der Waals surface area contributed by atoms with Crippen molar-refractivity contribution in [3.05, 3.63) is 51.8 Å². The number of furan rings is 1. The Morgan fingerprint density at radius 2 is 2.11 bits per heavy atom. The number of fused-ring (bicyclic) bond motifs is 1. The SMILES string of the molecule is Cc1nc(-c2cc3cccc(F)c3o2)c(C)c(=O)[nH]1. The molecule has 0 aliphatic rings. The molecule has 96 valence electrons. The highest BCUT2D eigenvalue weighted by Crippen LogP contribution is 2.28. The molecule has 0 atom stereocenters. The number of benzene rings is 1. The molecule has 0 unspecified atom stereocenters. The molecule has 5 heteroatoms. The van der Waals surface area contributed by atoms with E-state index in [2.05, 4.69) is 9.97 Å². The lowest BCUT2D eigenvalue weighted by molar-refractivity contribution is 0.567. The summed E-state index contributed by atoms with van der Waals surface area (Å²) >= 11 is 0. The standard InChI is InChI=1S/C14H11FN2O2/c1-7-12(16-8(2)17-14(7)18)11-6-9-4-3-5-10(15)13(9)19-11/h3-6H,1-2H3,(H,16,17,18). The third-order valence-corrected chi connectivity index (χ3v) is 3.00. The highest BCUT2D eigenvalue weighted by Gasteiger charge is 2.14. The summed E-state index contributed by atoms with van der Waals surface area (Å²) < 4.78 is 19.1. The second-order valence-electron chi connectivity index (χ2n) is 4.39. The maximum atomic E-state index is 13.6. The van der Waals surface area contributed by atoms with Crippen molar-refractivity contribution in [1.82, 2.24) is 9.97 Å². The second kappa shape index (κ2) is 4.05. The van der Waals surface area contributed by atoms with Crippen molar-refractivity contribution in [3.8, 4) is 11.5 Å². The number of aromatic nitrogens is 2. The maximum absolute atomic E-state index is 13.6. The lowest BCUT2D eigenvalue weighted by Gasteiger charge is -2.01. The summed E-state index contributed by atoms with van der Waals surface area (Å²) in [5.74, 6) is 0.460. The van der Waals surface area contributed by atoms with Gasteiger partial charge in [-0.3, -0.25) is 4.79 Å². The first kappa shape index (κ1) is 11.6. The number of H-pyrrole nitrogens is 1. The average molecular weight is 258 g/mol. The quantitative estimate of drug-likeness (QED) is 0.730. The van der Waals surface area contributed by atoms with Crippen molar-refractivity contribution in [2.45, 2.75) is 13.8 Å². The van der Waals surface area contributed by atoms with Crippen molar-refractivity contribution in [3.63, 3.8) is 0 Å². The zero-order chi connectivity index (χ0) is 13.6. The molecule has 4 nitrogen and oxygen atoms in total. The Balaban J connectivity index is 2.31. The van der Waals surface area contributed by atoms with Gasteiger partial charge in [0.05, 0.1) is 0 Å². The normalized spacial score (nSPS) is 11.1.